The fraction of sp³-hybridized carbons (Fsp3) is 0.316. The summed E-state index contributed by atoms with van der Waals surface area (Å²) in [6, 6.07) is 11.2. The van der Waals surface area contributed by atoms with Gasteiger partial charge in [-0.15, -0.1) is 24.0 Å². The van der Waals surface area contributed by atoms with Crippen molar-refractivity contribution in [2.24, 2.45) is 10.7 Å². The van der Waals surface area contributed by atoms with Gasteiger partial charge in [-0.1, -0.05) is 12.1 Å². The standard InChI is InChI=1S/C19H22FN3S.HI/c1-24-12-16-9-17(20)7-5-15(16)11-22-19(21)23-18-8-6-13-3-2-4-14(13)10-18;/h5-10H,2-4,11-12H2,1H3,(H3,21,22,23);1H. The van der Waals surface area contributed by atoms with Crippen LogP contribution in [0.5, 0.6) is 0 Å². The lowest BCUT2D eigenvalue weighted by Gasteiger charge is -2.09. The predicted molar refractivity (Wildman–Crippen MR) is 116 cm³/mol. The highest BCUT2D eigenvalue weighted by Gasteiger charge is 2.11. The molecule has 0 spiro atoms. The average Bonchev–Trinajstić information content (AvgIpc) is 3.02. The van der Waals surface area contributed by atoms with Crippen molar-refractivity contribution >= 4 is 47.4 Å². The van der Waals surface area contributed by atoms with E-state index in [9.17, 15) is 4.39 Å². The molecule has 0 amide bonds. The van der Waals surface area contributed by atoms with Crippen molar-refractivity contribution in [3.05, 3.63) is 64.5 Å². The van der Waals surface area contributed by atoms with E-state index in [4.69, 9.17) is 5.73 Å². The monoisotopic (exact) mass is 471 g/mol. The maximum atomic E-state index is 13.4. The molecule has 0 heterocycles. The van der Waals surface area contributed by atoms with Crippen LogP contribution in [0.4, 0.5) is 10.1 Å². The van der Waals surface area contributed by atoms with Crippen LogP contribution in [-0.4, -0.2) is 12.2 Å². The molecule has 0 atom stereocenters. The lowest BCUT2D eigenvalue weighted by Crippen LogP contribution is -2.22. The molecule has 3 N–H and O–H groups in total. The van der Waals surface area contributed by atoms with Crippen molar-refractivity contribution in [3.63, 3.8) is 0 Å². The molecule has 1 aliphatic carbocycles. The highest BCUT2D eigenvalue weighted by atomic mass is 127. The van der Waals surface area contributed by atoms with E-state index in [-0.39, 0.29) is 29.8 Å². The van der Waals surface area contributed by atoms with Crippen molar-refractivity contribution < 1.29 is 4.39 Å². The van der Waals surface area contributed by atoms with E-state index >= 15 is 0 Å². The fourth-order valence-electron chi connectivity index (χ4n) is 3.05. The Hall–Kier alpha value is -1.28. The highest BCUT2D eigenvalue weighted by Crippen LogP contribution is 2.24. The van der Waals surface area contributed by atoms with E-state index in [1.807, 2.05) is 12.3 Å². The number of benzene rings is 2. The average molecular weight is 471 g/mol. The van der Waals surface area contributed by atoms with E-state index in [2.05, 4.69) is 22.4 Å². The number of anilines is 1. The van der Waals surface area contributed by atoms with Gasteiger partial charge < -0.3 is 11.1 Å². The van der Waals surface area contributed by atoms with Crippen LogP contribution in [-0.2, 0) is 25.1 Å². The summed E-state index contributed by atoms with van der Waals surface area (Å²) < 4.78 is 13.4. The van der Waals surface area contributed by atoms with Gasteiger partial charge in [0.1, 0.15) is 5.82 Å². The van der Waals surface area contributed by atoms with E-state index in [1.165, 1.54) is 30.0 Å². The van der Waals surface area contributed by atoms with Gasteiger partial charge >= 0.3 is 0 Å². The van der Waals surface area contributed by atoms with Crippen molar-refractivity contribution in [3.8, 4) is 0 Å². The first kappa shape index (κ1) is 20.0. The molecular formula is C19H23FIN3S. The number of aryl methyl sites for hydroxylation is 2. The molecule has 6 heteroatoms. The molecule has 3 nitrogen and oxygen atoms in total. The molecule has 2 aromatic carbocycles. The molecule has 25 heavy (non-hydrogen) atoms. The summed E-state index contributed by atoms with van der Waals surface area (Å²) >= 11 is 1.66. The lowest BCUT2D eigenvalue weighted by molar-refractivity contribution is 0.625. The minimum atomic E-state index is -0.212. The summed E-state index contributed by atoms with van der Waals surface area (Å²) in [5.74, 6) is 0.934. The van der Waals surface area contributed by atoms with Gasteiger partial charge in [-0.3, -0.25) is 0 Å². The Bertz CT molecular complexity index is 764. The Morgan fingerprint density at radius 3 is 2.76 bits per heavy atom. The van der Waals surface area contributed by atoms with E-state index in [0.29, 0.717) is 12.5 Å². The van der Waals surface area contributed by atoms with Gasteiger partial charge in [-0.25, -0.2) is 9.38 Å². The zero-order chi connectivity index (χ0) is 16.9. The van der Waals surface area contributed by atoms with Crippen LogP contribution >= 0.6 is 35.7 Å². The molecule has 0 aromatic heterocycles. The zero-order valence-corrected chi connectivity index (χ0v) is 17.4. The molecule has 0 unspecified atom stereocenters. The van der Waals surface area contributed by atoms with E-state index in [0.717, 1.165) is 29.0 Å². The maximum Gasteiger partial charge on any atom is 0.193 e. The number of aliphatic imine (C=N–C) groups is 1. The molecular weight excluding hydrogens is 448 g/mol. The third-order valence-corrected chi connectivity index (χ3v) is 4.86. The fourth-order valence-corrected chi connectivity index (χ4v) is 3.63. The van der Waals surface area contributed by atoms with Crippen LogP contribution in [0.2, 0.25) is 0 Å². The minimum absolute atomic E-state index is 0. The van der Waals surface area contributed by atoms with Crippen molar-refractivity contribution in [1.82, 2.24) is 0 Å². The molecule has 3 rings (SSSR count). The minimum Gasteiger partial charge on any atom is -0.370 e. The van der Waals surface area contributed by atoms with Gasteiger partial charge in [-0.2, -0.15) is 11.8 Å². The third kappa shape index (κ3) is 5.34. The van der Waals surface area contributed by atoms with Gasteiger partial charge in [0.25, 0.3) is 0 Å². The summed E-state index contributed by atoms with van der Waals surface area (Å²) in [6.07, 6.45) is 5.53. The maximum absolute atomic E-state index is 13.4. The first-order chi connectivity index (χ1) is 11.7. The second-order valence-corrected chi connectivity index (χ2v) is 6.88. The summed E-state index contributed by atoms with van der Waals surface area (Å²) in [6.45, 7) is 0.444. The molecule has 1 aliphatic rings. The van der Waals surface area contributed by atoms with Crippen LogP contribution in [0.15, 0.2) is 41.4 Å². The van der Waals surface area contributed by atoms with Gasteiger partial charge in [-0.05, 0) is 72.0 Å². The number of thioether (sulfide) groups is 1. The van der Waals surface area contributed by atoms with E-state index in [1.54, 1.807) is 23.9 Å². The van der Waals surface area contributed by atoms with Crippen molar-refractivity contribution in [1.29, 1.82) is 0 Å². The summed E-state index contributed by atoms with van der Waals surface area (Å²) in [7, 11) is 0. The second kappa shape index (κ2) is 9.43. The van der Waals surface area contributed by atoms with Crippen LogP contribution in [0.3, 0.4) is 0 Å². The third-order valence-electron chi connectivity index (χ3n) is 4.26. The van der Waals surface area contributed by atoms with Gasteiger partial charge in [0, 0.05) is 11.4 Å². The Kier molecular flexibility index (Phi) is 7.56. The SMILES string of the molecule is CSCc1cc(F)ccc1CN=C(N)Nc1ccc2c(c1)CCC2.I. The van der Waals surface area contributed by atoms with Gasteiger partial charge in [0.15, 0.2) is 5.96 Å². The number of halogens is 2. The Morgan fingerprint density at radius 2 is 1.96 bits per heavy atom. The zero-order valence-electron chi connectivity index (χ0n) is 14.2. The number of guanidine groups is 1. The van der Waals surface area contributed by atoms with Crippen LogP contribution < -0.4 is 11.1 Å². The number of fused-ring (bicyclic) bond motifs is 1. The summed E-state index contributed by atoms with van der Waals surface area (Å²) in [5.41, 5.74) is 11.8. The summed E-state index contributed by atoms with van der Waals surface area (Å²) in [5, 5.41) is 3.15. The highest BCUT2D eigenvalue weighted by molar-refractivity contribution is 14.0. The molecule has 0 radical (unpaired) electrons. The Labute approximate surface area is 169 Å². The molecule has 0 saturated heterocycles. The quantitative estimate of drug-likeness (QED) is 0.377. The number of hydrogen-bond donors (Lipinski definition) is 2. The number of nitrogens with two attached hydrogens (primary N) is 1. The molecule has 0 bridgehead atoms. The molecule has 2 aromatic rings. The van der Waals surface area contributed by atoms with Gasteiger partial charge in [0.05, 0.1) is 6.54 Å². The summed E-state index contributed by atoms with van der Waals surface area (Å²) in [4.78, 5) is 4.41. The van der Waals surface area contributed by atoms with E-state index < -0.39 is 0 Å². The number of nitrogens with zero attached hydrogens (tertiary/aromatic N) is 1. The topological polar surface area (TPSA) is 50.4 Å². The smallest absolute Gasteiger partial charge is 0.193 e. The van der Waals surface area contributed by atoms with Gasteiger partial charge in [0.2, 0.25) is 0 Å². The largest absolute Gasteiger partial charge is 0.370 e. The van der Waals surface area contributed by atoms with Crippen molar-refractivity contribution in [2.45, 2.75) is 31.6 Å². The number of nitrogens with one attached hydrogen (secondary N) is 1. The molecule has 0 fully saturated rings. The Balaban J connectivity index is 0.00000225. The normalized spacial score (nSPS) is 13.3. The second-order valence-electron chi connectivity index (χ2n) is 6.01. The lowest BCUT2D eigenvalue weighted by atomic mass is 10.1. The van der Waals surface area contributed by atoms with Crippen LogP contribution in [0.25, 0.3) is 0 Å². The molecule has 134 valence electrons. The molecule has 0 aliphatic heterocycles. The van der Waals surface area contributed by atoms with Crippen molar-refractivity contribution in [2.75, 3.05) is 11.6 Å². The molecule has 0 saturated carbocycles. The Morgan fingerprint density at radius 1 is 1.16 bits per heavy atom. The first-order valence-corrected chi connectivity index (χ1v) is 9.50. The predicted octanol–water partition coefficient (Wildman–Crippen LogP) is 4.72. The number of hydrogen-bond acceptors (Lipinski definition) is 2. The van der Waals surface area contributed by atoms with Crippen LogP contribution in [0, 0.1) is 5.82 Å². The first-order valence-electron chi connectivity index (χ1n) is 8.10. The van der Waals surface area contributed by atoms with Crippen LogP contribution in [0.1, 0.15) is 28.7 Å². The number of rotatable bonds is 5.